The van der Waals surface area contributed by atoms with Crippen LogP contribution in [0.5, 0.6) is 0 Å². The highest BCUT2D eigenvalue weighted by Crippen LogP contribution is 2.34. The number of rotatable bonds is 2. The minimum absolute atomic E-state index is 0.282. The van der Waals surface area contributed by atoms with Gasteiger partial charge >= 0.3 is 0 Å². The molecule has 4 nitrogen and oxygen atoms in total. The Balaban J connectivity index is 1.81. The molecule has 0 aliphatic rings. The largest absolute Gasteiger partial charge is 0.368 e. The molecule has 0 unspecified atom stereocenters. The zero-order valence-corrected chi connectivity index (χ0v) is 11.9. The fourth-order valence-electron chi connectivity index (χ4n) is 2.41. The highest BCUT2D eigenvalue weighted by Gasteiger charge is 2.09. The number of hydrogen-bond acceptors (Lipinski definition) is 4. The van der Waals surface area contributed by atoms with Gasteiger partial charge in [-0.2, -0.15) is 0 Å². The maximum atomic E-state index is 5.64. The van der Waals surface area contributed by atoms with Crippen molar-refractivity contribution >= 4 is 27.4 Å². The van der Waals surface area contributed by atoms with Crippen molar-refractivity contribution in [1.82, 2.24) is 15.0 Å². The quantitative estimate of drug-likeness (QED) is 0.588. The molecular weight excluding hydrogens is 280 g/mol. The summed E-state index contributed by atoms with van der Waals surface area (Å²) < 4.78 is 1.29. The first-order valence-corrected chi connectivity index (χ1v) is 7.44. The first-order chi connectivity index (χ1) is 10.3. The molecule has 3 N–H and O–H groups in total. The lowest BCUT2D eigenvalue weighted by Gasteiger charge is -1.99. The van der Waals surface area contributed by atoms with Crippen LogP contribution in [0.2, 0.25) is 0 Å². The smallest absolute Gasteiger partial charge is 0.220 e. The van der Waals surface area contributed by atoms with Crippen molar-refractivity contribution in [3.8, 4) is 22.6 Å². The Hall–Kier alpha value is -2.66. The Morgan fingerprint density at radius 1 is 1.00 bits per heavy atom. The van der Waals surface area contributed by atoms with Crippen molar-refractivity contribution in [3.63, 3.8) is 0 Å². The normalized spacial score (nSPS) is 11.0. The van der Waals surface area contributed by atoms with Crippen molar-refractivity contribution < 1.29 is 0 Å². The van der Waals surface area contributed by atoms with E-state index in [0.717, 1.165) is 17.1 Å². The van der Waals surface area contributed by atoms with Crippen molar-refractivity contribution in [2.45, 2.75) is 0 Å². The van der Waals surface area contributed by atoms with Gasteiger partial charge in [0.15, 0.2) is 0 Å². The molecule has 0 spiro atoms. The van der Waals surface area contributed by atoms with Crippen LogP contribution in [0.3, 0.4) is 0 Å². The van der Waals surface area contributed by atoms with Crippen LogP contribution in [-0.4, -0.2) is 15.0 Å². The van der Waals surface area contributed by atoms with E-state index in [1.807, 2.05) is 12.1 Å². The summed E-state index contributed by atoms with van der Waals surface area (Å²) in [5, 5.41) is 3.44. The van der Waals surface area contributed by atoms with E-state index in [1.165, 1.54) is 15.6 Å². The maximum absolute atomic E-state index is 5.64. The highest BCUT2D eigenvalue weighted by molar-refractivity contribution is 7.17. The van der Waals surface area contributed by atoms with Crippen LogP contribution in [-0.2, 0) is 0 Å². The Morgan fingerprint density at radius 2 is 1.86 bits per heavy atom. The number of fused-ring (bicyclic) bond motifs is 1. The zero-order valence-electron chi connectivity index (χ0n) is 11.1. The van der Waals surface area contributed by atoms with Crippen LogP contribution in [0.25, 0.3) is 32.7 Å². The Kier molecular flexibility index (Phi) is 2.72. The van der Waals surface area contributed by atoms with Gasteiger partial charge in [0.25, 0.3) is 0 Å². The Labute approximate surface area is 125 Å². The first kappa shape index (κ1) is 12.1. The molecule has 0 saturated carbocycles. The summed E-state index contributed by atoms with van der Waals surface area (Å²) in [6.45, 7) is 0. The fraction of sp³-hybridized carbons (Fsp3) is 0. The molecule has 5 heteroatoms. The summed E-state index contributed by atoms with van der Waals surface area (Å²) in [7, 11) is 0. The average Bonchev–Trinajstić information content (AvgIpc) is 3.14. The van der Waals surface area contributed by atoms with E-state index < -0.39 is 0 Å². The molecule has 1 aromatic carbocycles. The minimum Gasteiger partial charge on any atom is -0.368 e. The number of H-pyrrole nitrogens is 1. The molecule has 4 aromatic rings. The maximum Gasteiger partial charge on any atom is 0.220 e. The van der Waals surface area contributed by atoms with Crippen molar-refractivity contribution in [1.29, 1.82) is 0 Å². The van der Waals surface area contributed by atoms with Crippen LogP contribution in [0.1, 0.15) is 0 Å². The third-order valence-corrected chi connectivity index (χ3v) is 4.37. The standard InChI is InChI=1S/C16H12N4S/c17-16-18-8-7-14(20-16)13-6-5-12(19-13)11-9-21-15-4-2-1-3-10(11)15/h1-9,19H,(H2,17,18,20). The number of benzene rings is 1. The molecule has 0 fully saturated rings. The molecule has 102 valence electrons. The SMILES string of the molecule is Nc1nccc(-c2ccc(-c3csc4ccccc34)[nH]2)n1. The summed E-state index contributed by atoms with van der Waals surface area (Å²) in [4.78, 5) is 11.6. The predicted molar refractivity (Wildman–Crippen MR) is 87.1 cm³/mol. The average molecular weight is 292 g/mol. The number of hydrogen-bond donors (Lipinski definition) is 2. The minimum atomic E-state index is 0.282. The van der Waals surface area contributed by atoms with Crippen molar-refractivity contribution in [3.05, 3.63) is 54.0 Å². The van der Waals surface area contributed by atoms with Crippen LogP contribution < -0.4 is 5.73 Å². The second-order valence-corrected chi connectivity index (χ2v) is 5.64. The lowest BCUT2D eigenvalue weighted by atomic mass is 10.1. The fourth-order valence-corrected chi connectivity index (χ4v) is 3.37. The summed E-state index contributed by atoms with van der Waals surface area (Å²) in [5.74, 6) is 0.282. The molecular formula is C16H12N4S. The van der Waals surface area contributed by atoms with Gasteiger partial charge in [0.05, 0.1) is 11.4 Å². The van der Waals surface area contributed by atoms with Crippen LogP contribution >= 0.6 is 11.3 Å². The first-order valence-electron chi connectivity index (χ1n) is 6.56. The summed E-state index contributed by atoms with van der Waals surface area (Å²) >= 11 is 1.75. The number of nitrogens with two attached hydrogens (primary N) is 1. The number of aromatic amines is 1. The van der Waals surface area contributed by atoms with Crippen molar-refractivity contribution in [2.24, 2.45) is 0 Å². The topological polar surface area (TPSA) is 67.6 Å². The number of nitrogen functional groups attached to an aromatic ring is 1. The van der Waals surface area contributed by atoms with Crippen LogP contribution in [0, 0.1) is 0 Å². The van der Waals surface area contributed by atoms with E-state index >= 15 is 0 Å². The summed E-state index contributed by atoms with van der Waals surface area (Å²) in [6.07, 6.45) is 1.66. The monoisotopic (exact) mass is 292 g/mol. The van der Waals surface area contributed by atoms with Gasteiger partial charge in [0.1, 0.15) is 0 Å². The van der Waals surface area contributed by atoms with Gasteiger partial charge < -0.3 is 10.7 Å². The molecule has 21 heavy (non-hydrogen) atoms. The third kappa shape index (κ3) is 2.08. The number of nitrogens with zero attached hydrogens (tertiary/aromatic N) is 2. The lowest BCUT2D eigenvalue weighted by Crippen LogP contribution is -1.95. The van der Waals surface area contributed by atoms with E-state index in [4.69, 9.17) is 5.73 Å². The Bertz CT molecular complexity index is 923. The van der Waals surface area contributed by atoms with E-state index in [-0.39, 0.29) is 5.95 Å². The van der Waals surface area contributed by atoms with E-state index in [9.17, 15) is 0 Å². The van der Waals surface area contributed by atoms with E-state index in [0.29, 0.717) is 0 Å². The molecule has 3 aromatic heterocycles. The second-order valence-electron chi connectivity index (χ2n) is 4.73. The van der Waals surface area contributed by atoms with Gasteiger partial charge in [-0.3, -0.25) is 0 Å². The van der Waals surface area contributed by atoms with Gasteiger partial charge in [-0.05, 0) is 24.3 Å². The number of anilines is 1. The molecule has 0 saturated heterocycles. The van der Waals surface area contributed by atoms with Crippen LogP contribution in [0.4, 0.5) is 5.95 Å². The molecule has 4 rings (SSSR count). The second kappa shape index (κ2) is 4.71. The summed E-state index contributed by atoms with van der Waals surface area (Å²) in [5.41, 5.74) is 9.67. The van der Waals surface area contributed by atoms with Crippen molar-refractivity contribution in [2.75, 3.05) is 5.73 Å². The molecule has 0 radical (unpaired) electrons. The number of nitrogens with one attached hydrogen (secondary N) is 1. The third-order valence-electron chi connectivity index (χ3n) is 3.41. The lowest BCUT2D eigenvalue weighted by molar-refractivity contribution is 1.18. The number of thiophene rings is 1. The van der Waals surface area contributed by atoms with E-state index in [1.54, 1.807) is 17.5 Å². The van der Waals surface area contributed by atoms with Crippen LogP contribution in [0.15, 0.2) is 54.0 Å². The van der Waals surface area contributed by atoms with Gasteiger partial charge in [0, 0.05) is 32.9 Å². The predicted octanol–water partition coefficient (Wildman–Crippen LogP) is 3.94. The van der Waals surface area contributed by atoms with E-state index in [2.05, 4.69) is 50.7 Å². The van der Waals surface area contributed by atoms with Gasteiger partial charge in [-0.25, -0.2) is 9.97 Å². The molecule has 0 bridgehead atoms. The number of aromatic nitrogens is 3. The summed E-state index contributed by atoms with van der Waals surface area (Å²) in [6, 6.07) is 14.3. The molecule has 0 aliphatic carbocycles. The van der Waals surface area contributed by atoms with Gasteiger partial charge in [-0.15, -0.1) is 11.3 Å². The highest BCUT2D eigenvalue weighted by atomic mass is 32.1. The molecule has 3 heterocycles. The van der Waals surface area contributed by atoms with Gasteiger partial charge in [0.2, 0.25) is 5.95 Å². The molecule has 0 aliphatic heterocycles. The van der Waals surface area contributed by atoms with Gasteiger partial charge in [-0.1, -0.05) is 18.2 Å². The molecule has 0 amide bonds. The Morgan fingerprint density at radius 3 is 2.76 bits per heavy atom. The molecule has 0 atom stereocenters. The zero-order chi connectivity index (χ0) is 14.2.